The van der Waals surface area contributed by atoms with Crippen LogP contribution in [0.2, 0.25) is 0 Å². The van der Waals surface area contributed by atoms with Gasteiger partial charge in [0.2, 0.25) is 5.95 Å². The number of amides is 1. The number of hydrogen-bond donors (Lipinski definition) is 1. The maximum atomic E-state index is 12.7. The molecule has 1 N–H and O–H groups in total. The third kappa shape index (κ3) is 4.50. The Labute approximate surface area is 180 Å². The summed E-state index contributed by atoms with van der Waals surface area (Å²) in [5, 5.41) is 2.81. The van der Waals surface area contributed by atoms with Gasteiger partial charge in [-0.25, -0.2) is 15.0 Å². The number of piperazine rings is 1. The van der Waals surface area contributed by atoms with Crippen LogP contribution in [0.3, 0.4) is 0 Å². The highest BCUT2D eigenvalue weighted by atomic mass is 16.5. The third-order valence-corrected chi connectivity index (χ3v) is 5.08. The van der Waals surface area contributed by atoms with Gasteiger partial charge < -0.3 is 24.6 Å². The number of para-hydroxylation sites is 1. The zero-order valence-electron chi connectivity index (χ0n) is 17.5. The molecule has 0 bridgehead atoms. The van der Waals surface area contributed by atoms with Gasteiger partial charge in [0.05, 0.1) is 37.9 Å². The predicted octanol–water partition coefficient (Wildman–Crippen LogP) is 2.47. The molecular formula is C22H24N6O3. The SMILES string of the molecule is COc1cccc(C(=O)Nc2cnc(N3CCN(c4ccccn4)CC3)nc2)c1OC. The highest BCUT2D eigenvalue weighted by Gasteiger charge is 2.20. The van der Waals surface area contributed by atoms with Crippen LogP contribution in [-0.2, 0) is 0 Å². The van der Waals surface area contributed by atoms with Gasteiger partial charge in [-0.1, -0.05) is 12.1 Å². The van der Waals surface area contributed by atoms with Crippen molar-refractivity contribution in [1.29, 1.82) is 0 Å². The highest BCUT2D eigenvalue weighted by Crippen LogP contribution is 2.31. The molecule has 3 aromatic rings. The first-order chi connectivity index (χ1) is 15.2. The van der Waals surface area contributed by atoms with E-state index < -0.39 is 0 Å². The maximum absolute atomic E-state index is 12.7. The topological polar surface area (TPSA) is 92.7 Å². The third-order valence-electron chi connectivity index (χ3n) is 5.08. The summed E-state index contributed by atoms with van der Waals surface area (Å²) in [7, 11) is 3.03. The van der Waals surface area contributed by atoms with Crippen molar-refractivity contribution in [3.05, 3.63) is 60.6 Å². The van der Waals surface area contributed by atoms with E-state index in [9.17, 15) is 4.79 Å². The van der Waals surface area contributed by atoms with Crippen LogP contribution in [0, 0.1) is 0 Å². The van der Waals surface area contributed by atoms with Gasteiger partial charge in [-0.05, 0) is 24.3 Å². The summed E-state index contributed by atoms with van der Waals surface area (Å²) in [4.78, 5) is 30.3. The summed E-state index contributed by atoms with van der Waals surface area (Å²) in [6, 6.07) is 11.1. The molecule has 1 saturated heterocycles. The Morgan fingerprint density at radius 1 is 0.903 bits per heavy atom. The van der Waals surface area contributed by atoms with E-state index in [1.54, 1.807) is 36.8 Å². The lowest BCUT2D eigenvalue weighted by molar-refractivity contribution is 0.102. The van der Waals surface area contributed by atoms with Gasteiger partial charge in [-0.2, -0.15) is 0 Å². The number of carbonyl (C=O) groups is 1. The molecule has 1 amide bonds. The van der Waals surface area contributed by atoms with Crippen molar-refractivity contribution in [2.24, 2.45) is 0 Å². The van der Waals surface area contributed by atoms with E-state index >= 15 is 0 Å². The first-order valence-electron chi connectivity index (χ1n) is 9.95. The van der Waals surface area contributed by atoms with E-state index in [2.05, 4.69) is 30.1 Å². The van der Waals surface area contributed by atoms with Gasteiger partial charge in [0.1, 0.15) is 5.82 Å². The Morgan fingerprint density at radius 3 is 2.29 bits per heavy atom. The fourth-order valence-corrected chi connectivity index (χ4v) is 3.49. The number of aromatic nitrogens is 3. The van der Waals surface area contributed by atoms with Gasteiger partial charge in [0, 0.05) is 32.4 Å². The van der Waals surface area contributed by atoms with Crippen LogP contribution >= 0.6 is 0 Å². The van der Waals surface area contributed by atoms with Crippen LogP contribution in [0.5, 0.6) is 11.5 Å². The van der Waals surface area contributed by atoms with Gasteiger partial charge in [-0.3, -0.25) is 4.79 Å². The van der Waals surface area contributed by atoms with Crippen molar-refractivity contribution in [3.8, 4) is 11.5 Å². The van der Waals surface area contributed by atoms with Gasteiger partial charge >= 0.3 is 0 Å². The van der Waals surface area contributed by atoms with Crippen LogP contribution in [0.25, 0.3) is 0 Å². The quantitative estimate of drug-likeness (QED) is 0.650. The summed E-state index contributed by atoms with van der Waals surface area (Å²) in [5.74, 6) is 2.17. The molecule has 9 heteroatoms. The minimum absolute atomic E-state index is 0.323. The molecule has 0 radical (unpaired) electrons. The molecule has 1 fully saturated rings. The van der Waals surface area contributed by atoms with E-state index in [4.69, 9.17) is 9.47 Å². The summed E-state index contributed by atoms with van der Waals surface area (Å²) in [6.07, 6.45) is 5.02. The number of ether oxygens (including phenoxy) is 2. The average molecular weight is 420 g/mol. The lowest BCUT2D eigenvalue weighted by Crippen LogP contribution is -2.47. The fraction of sp³-hybridized carbons (Fsp3) is 0.273. The monoisotopic (exact) mass is 420 g/mol. The average Bonchev–Trinajstić information content (AvgIpc) is 2.84. The van der Waals surface area contributed by atoms with E-state index in [0.29, 0.717) is 28.7 Å². The number of rotatable bonds is 6. The number of methoxy groups -OCH3 is 2. The van der Waals surface area contributed by atoms with Gasteiger partial charge in [0.25, 0.3) is 5.91 Å². The Morgan fingerprint density at radius 2 is 1.65 bits per heavy atom. The molecule has 0 atom stereocenters. The first-order valence-corrected chi connectivity index (χ1v) is 9.95. The smallest absolute Gasteiger partial charge is 0.259 e. The summed E-state index contributed by atoms with van der Waals surface area (Å²) >= 11 is 0. The molecule has 1 aromatic carbocycles. The van der Waals surface area contributed by atoms with Crippen molar-refractivity contribution < 1.29 is 14.3 Å². The minimum Gasteiger partial charge on any atom is -0.493 e. The molecule has 0 aliphatic carbocycles. The molecule has 160 valence electrons. The number of nitrogens with zero attached hydrogens (tertiary/aromatic N) is 5. The second kappa shape index (κ2) is 9.29. The molecule has 1 aliphatic rings. The minimum atomic E-state index is -0.323. The van der Waals surface area contributed by atoms with E-state index in [1.165, 1.54) is 14.2 Å². The Balaban J connectivity index is 1.39. The number of anilines is 3. The lowest BCUT2D eigenvalue weighted by atomic mass is 10.1. The van der Waals surface area contributed by atoms with Gasteiger partial charge in [0.15, 0.2) is 11.5 Å². The van der Waals surface area contributed by atoms with Crippen molar-refractivity contribution >= 4 is 23.4 Å². The van der Waals surface area contributed by atoms with Gasteiger partial charge in [-0.15, -0.1) is 0 Å². The number of carbonyl (C=O) groups excluding carboxylic acids is 1. The van der Waals surface area contributed by atoms with Crippen LogP contribution in [0.15, 0.2) is 55.0 Å². The number of nitrogens with one attached hydrogen (secondary N) is 1. The largest absolute Gasteiger partial charge is 0.493 e. The fourth-order valence-electron chi connectivity index (χ4n) is 3.49. The second-order valence-electron chi connectivity index (χ2n) is 6.93. The zero-order chi connectivity index (χ0) is 21.6. The number of pyridine rings is 1. The Kier molecular flexibility index (Phi) is 6.11. The Bertz CT molecular complexity index is 1020. The van der Waals surface area contributed by atoms with E-state index in [0.717, 1.165) is 32.0 Å². The Hall–Kier alpha value is -3.88. The normalized spacial score (nSPS) is 13.6. The van der Waals surface area contributed by atoms with E-state index in [1.807, 2.05) is 18.2 Å². The molecule has 9 nitrogen and oxygen atoms in total. The van der Waals surface area contributed by atoms with E-state index in [-0.39, 0.29) is 5.91 Å². The zero-order valence-corrected chi connectivity index (χ0v) is 17.5. The molecule has 1 aliphatic heterocycles. The predicted molar refractivity (Wildman–Crippen MR) is 118 cm³/mol. The van der Waals surface area contributed by atoms with Crippen LogP contribution in [0.1, 0.15) is 10.4 Å². The number of hydrogen-bond acceptors (Lipinski definition) is 8. The van der Waals surface area contributed by atoms with Crippen LogP contribution in [0.4, 0.5) is 17.5 Å². The summed E-state index contributed by atoms with van der Waals surface area (Å²) in [5.41, 5.74) is 0.877. The number of benzene rings is 1. The molecule has 0 spiro atoms. The van der Waals surface area contributed by atoms with Crippen LogP contribution in [-0.4, -0.2) is 61.3 Å². The standard InChI is InChI=1S/C22H24N6O3/c1-30-18-7-5-6-17(20(18)31-2)21(29)26-16-14-24-22(25-15-16)28-12-10-27(11-13-28)19-8-3-4-9-23-19/h3-9,14-15H,10-13H2,1-2H3,(H,26,29). The summed E-state index contributed by atoms with van der Waals surface area (Å²) in [6.45, 7) is 3.27. The van der Waals surface area contributed by atoms with Crippen molar-refractivity contribution in [2.45, 2.75) is 0 Å². The lowest BCUT2D eigenvalue weighted by Gasteiger charge is -2.35. The van der Waals surface area contributed by atoms with Crippen LogP contribution < -0.4 is 24.6 Å². The first kappa shape index (κ1) is 20.4. The molecule has 31 heavy (non-hydrogen) atoms. The van der Waals surface area contributed by atoms with Crippen molar-refractivity contribution in [3.63, 3.8) is 0 Å². The molecule has 3 heterocycles. The molecule has 0 unspecified atom stereocenters. The molecular weight excluding hydrogens is 396 g/mol. The van der Waals surface area contributed by atoms with Crippen molar-refractivity contribution in [1.82, 2.24) is 15.0 Å². The second-order valence-corrected chi connectivity index (χ2v) is 6.93. The summed E-state index contributed by atoms with van der Waals surface area (Å²) < 4.78 is 10.6. The molecule has 2 aromatic heterocycles. The van der Waals surface area contributed by atoms with Crippen molar-refractivity contribution in [2.75, 3.05) is 55.5 Å². The molecule has 4 rings (SSSR count). The highest BCUT2D eigenvalue weighted by molar-refractivity contribution is 6.06. The maximum Gasteiger partial charge on any atom is 0.259 e. The molecule has 0 saturated carbocycles.